The van der Waals surface area contributed by atoms with Gasteiger partial charge in [0.05, 0.1) is 44.5 Å². The molecular formula is C36H51Cl2FN2O7. The van der Waals surface area contributed by atoms with Gasteiger partial charge >= 0.3 is 12.2 Å². The van der Waals surface area contributed by atoms with Crippen molar-refractivity contribution in [3.63, 3.8) is 0 Å². The fourth-order valence-corrected chi connectivity index (χ4v) is 5.47. The van der Waals surface area contributed by atoms with Crippen LogP contribution in [-0.2, 0) is 31.8 Å². The highest BCUT2D eigenvalue weighted by Crippen LogP contribution is 2.24. The van der Waals surface area contributed by atoms with Gasteiger partial charge in [-0.1, -0.05) is 47.5 Å². The van der Waals surface area contributed by atoms with Crippen LogP contribution in [0.4, 0.5) is 14.0 Å². The maximum Gasteiger partial charge on any atom is 0.410 e. The Hall–Kier alpha value is -2.63. The minimum absolute atomic E-state index is 0.143. The summed E-state index contributed by atoms with van der Waals surface area (Å²) in [5, 5.41) is 11.1. The van der Waals surface area contributed by atoms with E-state index in [4.69, 9.17) is 42.1 Å². The second-order valence-corrected chi connectivity index (χ2v) is 15.3. The van der Waals surface area contributed by atoms with Gasteiger partial charge in [0, 0.05) is 10.0 Å². The van der Waals surface area contributed by atoms with E-state index in [0.717, 1.165) is 11.1 Å². The molecule has 2 heterocycles. The predicted molar refractivity (Wildman–Crippen MR) is 185 cm³/mol. The van der Waals surface area contributed by atoms with Gasteiger partial charge in [0.2, 0.25) is 0 Å². The Morgan fingerprint density at radius 2 is 1.12 bits per heavy atom. The average molecular weight is 714 g/mol. The number of hydrogen-bond acceptors (Lipinski definition) is 7. The quantitative estimate of drug-likeness (QED) is 0.331. The van der Waals surface area contributed by atoms with Crippen molar-refractivity contribution in [2.75, 3.05) is 26.3 Å². The number of aliphatic hydroxyl groups is 1. The second-order valence-electron chi connectivity index (χ2n) is 14.4. The number of halogens is 3. The molecule has 1 N–H and O–H groups in total. The first kappa shape index (κ1) is 39.8. The van der Waals surface area contributed by atoms with Crippen molar-refractivity contribution < 1.29 is 38.0 Å². The number of alkyl halides is 1. The van der Waals surface area contributed by atoms with Gasteiger partial charge in [0.25, 0.3) is 0 Å². The molecule has 0 aliphatic carbocycles. The molecule has 9 nitrogen and oxygen atoms in total. The van der Waals surface area contributed by atoms with Crippen LogP contribution in [0.1, 0.15) is 66.5 Å². The summed E-state index contributed by atoms with van der Waals surface area (Å²) in [4.78, 5) is 28.4. The first-order chi connectivity index (χ1) is 22.3. The van der Waals surface area contributed by atoms with Gasteiger partial charge in [0.15, 0.2) is 0 Å². The lowest BCUT2D eigenvalue weighted by molar-refractivity contribution is -0.106. The van der Waals surface area contributed by atoms with Gasteiger partial charge in [-0.2, -0.15) is 0 Å². The molecule has 48 heavy (non-hydrogen) atoms. The third-order valence-electron chi connectivity index (χ3n) is 7.72. The highest BCUT2D eigenvalue weighted by molar-refractivity contribution is 6.30. The number of morpholine rings is 2. The van der Waals surface area contributed by atoms with E-state index in [1.165, 1.54) is 6.92 Å². The molecule has 2 aliphatic heterocycles. The van der Waals surface area contributed by atoms with Crippen molar-refractivity contribution in [1.29, 1.82) is 0 Å². The van der Waals surface area contributed by atoms with Crippen LogP contribution >= 0.6 is 23.2 Å². The molecule has 2 saturated heterocycles. The lowest BCUT2D eigenvalue weighted by atomic mass is 10.0. The second kappa shape index (κ2) is 17.3. The molecular weight excluding hydrogens is 662 g/mol. The van der Waals surface area contributed by atoms with Crippen molar-refractivity contribution in [2.45, 2.75) is 116 Å². The SMILES string of the molecule is CC(F)[C@H]1CN(C(=O)OC(C)(C)C)[C@@H](Cc2ccc(Cl)cc2)CO1.CC(O)[C@H]1CN(C(=O)OC(C)(C)C)[C@@H](Cc2ccc(Cl)cc2)CO1. The molecule has 2 amide bonds. The molecule has 12 heteroatoms. The van der Waals surface area contributed by atoms with Gasteiger partial charge < -0.3 is 24.1 Å². The van der Waals surface area contributed by atoms with Crippen LogP contribution in [0.15, 0.2) is 48.5 Å². The number of amides is 2. The van der Waals surface area contributed by atoms with Crippen LogP contribution < -0.4 is 0 Å². The van der Waals surface area contributed by atoms with Crippen LogP contribution in [0.5, 0.6) is 0 Å². The van der Waals surface area contributed by atoms with E-state index in [0.29, 0.717) is 36.0 Å². The number of carbonyl (C=O) groups is 2. The van der Waals surface area contributed by atoms with Gasteiger partial charge in [-0.3, -0.25) is 9.80 Å². The summed E-state index contributed by atoms with van der Waals surface area (Å²) in [5.74, 6) is 0. The monoisotopic (exact) mass is 712 g/mol. The fraction of sp³-hybridized carbons (Fsp3) is 0.611. The van der Waals surface area contributed by atoms with Crippen molar-refractivity contribution in [3.8, 4) is 0 Å². The average Bonchev–Trinajstić information content (AvgIpc) is 2.98. The van der Waals surface area contributed by atoms with Crippen molar-refractivity contribution >= 4 is 35.4 Å². The Balaban J connectivity index is 0.000000260. The molecule has 0 aromatic heterocycles. The van der Waals surface area contributed by atoms with Crippen LogP contribution in [0.2, 0.25) is 10.0 Å². The smallest absolute Gasteiger partial charge is 0.410 e. The third-order valence-corrected chi connectivity index (χ3v) is 8.22. The highest BCUT2D eigenvalue weighted by atomic mass is 35.5. The standard InChI is InChI=1S/C18H25ClFNO3.C18H26ClNO4/c1-12(20)16-10-21(17(22)24-18(2,3)4)15(11-23-16)9-13-5-7-14(19)8-6-13;1-12(21)16-10-20(17(22)24-18(2,3)4)15(11-23-16)9-13-5-7-14(19)8-6-13/h5-8,12,15-16H,9-11H2,1-4H3;5-8,12,15-16,21H,9-11H2,1-4H3/t2*12?,15-,16+/m00/s1. The fourth-order valence-electron chi connectivity index (χ4n) is 5.22. The number of carbonyl (C=O) groups excluding carboxylic acids is 2. The normalized spacial score (nSPS) is 23.0. The first-order valence-corrected chi connectivity index (χ1v) is 17.1. The molecule has 0 saturated carbocycles. The maximum absolute atomic E-state index is 13.6. The third kappa shape index (κ3) is 13.0. The molecule has 2 aliphatic rings. The zero-order valence-electron chi connectivity index (χ0n) is 29.3. The van der Waals surface area contributed by atoms with Crippen LogP contribution in [0.3, 0.4) is 0 Å². The molecule has 2 unspecified atom stereocenters. The molecule has 4 rings (SSSR count). The van der Waals surface area contributed by atoms with Crippen LogP contribution in [-0.4, -0.2) is 101 Å². The molecule has 0 bridgehead atoms. The van der Waals surface area contributed by atoms with E-state index in [-0.39, 0.29) is 31.3 Å². The first-order valence-electron chi connectivity index (χ1n) is 16.3. The van der Waals surface area contributed by atoms with Gasteiger partial charge in [-0.25, -0.2) is 14.0 Å². The summed E-state index contributed by atoms with van der Waals surface area (Å²) in [6.07, 6.45) is -2.39. The number of rotatable bonds is 6. The topological polar surface area (TPSA) is 97.8 Å². The van der Waals surface area contributed by atoms with E-state index in [9.17, 15) is 19.1 Å². The van der Waals surface area contributed by atoms with E-state index in [1.54, 1.807) is 16.7 Å². The summed E-state index contributed by atoms with van der Waals surface area (Å²) in [5.41, 5.74) is 0.933. The largest absolute Gasteiger partial charge is 0.444 e. The molecule has 2 aromatic rings. The molecule has 0 spiro atoms. The van der Waals surface area contributed by atoms with Crippen LogP contribution in [0, 0.1) is 0 Å². The summed E-state index contributed by atoms with van der Waals surface area (Å²) in [6.45, 7) is 15.2. The zero-order valence-corrected chi connectivity index (χ0v) is 30.8. The Labute approximate surface area is 294 Å². The van der Waals surface area contributed by atoms with Crippen molar-refractivity contribution in [3.05, 3.63) is 69.7 Å². The van der Waals surface area contributed by atoms with Crippen LogP contribution in [0.25, 0.3) is 0 Å². The Bertz CT molecular complexity index is 1210. The van der Waals surface area contributed by atoms with Gasteiger partial charge in [-0.15, -0.1) is 0 Å². The van der Waals surface area contributed by atoms with Gasteiger partial charge in [0.1, 0.15) is 29.6 Å². The van der Waals surface area contributed by atoms with Crippen molar-refractivity contribution in [1.82, 2.24) is 9.80 Å². The maximum atomic E-state index is 13.6. The molecule has 2 aromatic carbocycles. The number of ether oxygens (including phenoxy) is 4. The minimum atomic E-state index is -1.15. The summed E-state index contributed by atoms with van der Waals surface area (Å²) in [7, 11) is 0. The van der Waals surface area contributed by atoms with E-state index in [1.807, 2.05) is 90.1 Å². The van der Waals surface area contributed by atoms with E-state index >= 15 is 0 Å². The van der Waals surface area contributed by atoms with Crippen molar-refractivity contribution in [2.24, 2.45) is 0 Å². The molecule has 268 valence electrons. The predicted octanol–water partition coefficient (Wildman–Crippen LogP) is 7.51. The lowest BCUT2D eigenvalue weighted by Gasteiger charge is -2.41. The molecule has 6 atom stereocenters. The van der Waals surface area contributed by atoms with E-state index in [2.05, 4.69) is 0 Å². The Kier molecular flexibility index (Phi) is 14.4. The lowest BCUT2D eigenvalue weighted by Crippen LogP contribution is -2.56. The number of hydrogen-bond donors (Lipinski definition) is 1. The number of nitrogens with zero attached hydrogens (tertiary/aromatic N) is 2. The summed E-state index contributed by atoms with van der Waals surface area (Å²) >= 11 is 11.8. The molecule has 2 fully saturated rings. The zero-order chi connectivity index (χ0) is 35.8. The summed E-state index contributed by atoms with van der Waals surface area (Å²) in [6, 6.07) is 14.7. The summed E-state index contributed by atoms with van der Waals surface area (Å²) < 4.78 is 36.0. The van der Waals surface area contributed by atoms with E-state index < -0.39 is 41.8 Å². The number of aliphatic hydroxyl groups excluding tert-OH is 1. The number of benzene rings is 2. The highest BCUT2D eigenvalue weighted by Gasteiger charge is 2.38. The Morgan fingerprint density at radius 1 is 0.771 bits per heavy atom. The Morgan fingerprint density at radius 3 is 1.46 bits per heavy atom. The minimum Gasteiger partial charge on any atom is -0.444 e. The van der Waals surface area contributed by atoms with Gasteiger partial charge in [-0.05, 0) is 104 Å². The molecule has 0 radical (unpaired) electrons.